The number of likely N-dealkylation sites (tertiary alicyclic amines) is 1. The molecule has 4 rings (SSSR count). The Morgan fingerprint density at radius 1 is 1.19 bits per heavy atom. The quantitative estimate of drug-likeness (QED) is 0.685. The summed E-state index contributed by atoms with van der Waals surface area (Å²) in [7, 11) is 1.82. The zero-order chi connectivity index (χ0) is 18.8. The molecule has 0 unspecified atom stereocenters. The van der Waals surface area contributed by atoms with Crippen LogP contribution in [0.5, 0.6) is 0 Å². The van der Waals surface area contributed by atoms with Crippen molar-refractivity contribution in [1.82, 2.24) is 19.7 Å². The van der Waals surface area contributed by atoms with Gasteiger partial charge in [-0.15, -0.1) is 0 Å². The smallest absolute Gasteiger partial charge is 0.274 e. The van der Waals surface area contributed by atoms with Crippen molar-refractivity contribution in [3.8, 4) is 11.3 Å². The second-order valence-electron chi connectivity index (χ2n) is 6.92. The predicted octanol–water partition coefficient (Wildman–Crippen LogP) is 4.16. The second kappa shape index (κ2) is 7.53. The standard InChI is InChI=1S/C21H21ClN4O/c1-25-12-10-20(24-25)21(27)26-11-4-6-16(14-26)19-9-3-8-18(23-19)15-5-2-7-17(22)13-15/h2-3,5,7-10,12-13,16H,4,6,11,14H2,1H3/t16-/m1/s1. The fourth-order valence-electron chi connectivity index (χ4n) is 3.58. The lowest BCUT2D eigenvalue weighted by atomic mass is 9.93. The number of aromatic nitrogens is 3. The molecular formula is C21H21ClN4O. The molecule has 1 atom stereocenters. The average Bonchev–Trinajstić information content (AvgIpc) is 3.14. The lowest BCUT2D eigenvalue weighted by Crippen LogP contribution is -2.39. The molecule has 138 valence electrons. The van der Waals surface area contributed by atoms with E-state index >= 15 is 0 Å². The summed E-state index contributed by atoms with van der Waals surface area (Å²) in [6.45, 7) is 1.43. The van der Waals surface area contributed by atoms with Gasteiger partial charge in [-0.25, -0.2) is 0 Å². The minimum absolute atomic E-state index is 0.00806. The third kappa shape index (κ3) is 3.88. The molecule has 1 aromatic carbocycles. The summed E-state index contributed by atoms with van der Waals surface area (Å²) in [4.78, 5) is 19.5. The lowest BCUT2D eigenvalue weighted by molar-refractivity contribution is 0.0699. The molecule has 2 aromatic heterocycles. The molecule has 1 fully saturated rings. The number of carbonyl (C=O) groups is 1. The summed E-state index contributed by atoms with van der Waals surface area (Å²) in [6.07, 6.45) is 3.79. The minimum Gasteiger partial charge on any atom is -0.337 e. The van der Waals surface area contributed by atoms with E-state index in [4.69, 9.17) is 16.6 Å². The van der Waals surface area contributed by atoms with Gasteiger partial charge in [0.15, 0.2) is 0 Å². The van der Waals surface area contributed by atoms with Crippen LogP contribution >= 0.6 is 11.6 Å². The summed E-state index contributed by atoms with van der Waals surface area (Å²) in [6, 6.07) is 15.6. The molecule has 0 spiro atoms. The molecule has 0 saturated carbocycles. The minimum atomic E-state index is -0.00806. The van der Waals surface area contributed by atoms with E-state index in [1.807, 2.05) is 54.4 Å². The monoisotopic (exact) mass is 380 g/mol. The summed E-state index contributed by atoms with van der Waals surface area (Å²) >= 11 is 6.12. The fourth-order valence-corrected chi connectivity index (χ4v) is 3.77. The van der Waals surface area contributed by atoms with E-state index in [9.17, 15) is 4.79 Å². The number of piperidine rings is 1. The van der Waals surface area contributed by atoms with Gasteiger partial charge < -0.3 is 4.90 Å². The first-order chi connectivity index (χ1) is 13.1. The van der Waals surface area contributed by atoms with Gasteiger partial charge in [0.05, 0.1) is 5.69 Å². The van der Waals surface area contributed by atoms with E-state index in [1.165, 1.54) is 0 Å². The zero-order valence-corrected chi connectivity index (χ0v) is 15.9. The van der Waals surface area contributed by atoms with E-state index in [2.05, 4.69) is 5.10 Å². The first-order valence-corrected chi connectivity index (χ1v) is 9.50. The highest BCUT2D eigenvalue weighted by atomic mass is 35.5. The van der Waals surface area contributed by atoms with Crippen molar-refractivity contribution >= 4 is 17.5 Å². The maximum atomic E-state index is 12.7. The van der Waals surface area contributed by atoms with Gasteiger partial charge in [-0.2, -0.15) is 5.10 Å². The number of aryl methyl sites for hydroxylation is 1. The van der Waals surface area contributed by atoms with Crippen molar-refractivity contribution in [2.45, 2.75) is 18.8 Å². The van der Waals surface area contributed by atoms with E-state index in [1.54, 1.807) is 16.9 Å². The van der Waals surface area contributed by atoms with Gasteiger partial charge >= 0.3 is 0 Å². The normalized spacial score (nSPS) is 17.1. The van der Waals surface area contributed by atoms with Crippen LogP contribution in [0.2, 0.25) is 5.02 Å². The predicted molar refractivity (Wildman–Crippen MR) is 106 cm³/mol. The Balaban J connectivity index is 1.55. The summed E-state index contributed by atoms with van der Waals surface area (Å²) in [5, 5.41) is 4.94. The molecular weight excluding hydrogens is 360 g/mol. The van der Waals surface area contributed by atoms with E-state index < -0.39 is 0 Å². The number of hydrogen-bond donors (Lipinski definition) is 0. The maximum Gasteiger partial charge on any atom is 0.274 e. The maximum absolute atomic E-state index is 12.7. The molecule has 1 aliphatic rings. The highest BCUT2D eigenvalue weighted by Crippen LogP contribution is 2.29. The van der Waals surface area contributed by atoms with Crippen LogP contribution in [0, 0.1) is 0 Å². The van der Waals surface area contributed by atoms with Gasteiger partial charge in [0.2, 0.25) is 0 Å². The second-order valence-corrected chi connectivity index (χ2v) is 7.36. The molecule has 3 aromatic rings. The van der Waals surface area contributed by atoms with Crippen molar-refractivity contribution in [2.75, 3.05) is 13.1 Å². The number of pyridine rings is 1. The number of benzene rings is 1. The largest absolute Gasteiger partial charge is 0.337 e. The van der Waals surface area contributed by atoms with E-state index in [-0.39, 0.29) is 11.8 Å². The van der Waals surface area contributed by atoms with E-state index in [0.717, 1.165) is 36.3 Å². The molecule has 1 aliphatic heterocycles. The van der Waals surface area contributed by atoms with Gasteiger partial charge in [-0.3, -0.25) is 14.5 Å². The molecule has 0 aliphatic carbocycles. The van der Waals surface area contributed by atoms with E-state index in [0.29, 0.717) is 17.3 Å². The topological polar surface area (TPSA) is 51.0 Å². The summed E-state index contributed by atoms with van der Waals surface area (Å²) in [5.74, 6) is 0.219. The molecule has 6 heteroatoms. The van der Waals surface area contributed by atoms with Crippen LogP contribution in [0.25, 0.3) is 11.3 Å². The Hall–Kier alpha value is -2.66. The number of hydrogen-bond acceptors (Lipinski definition) is 3. The molecule has 0 bridgehead atoms. The number of amides is 1. The number of carbonyl (C=O) groups excluding carboxylic acids is 1. The molecule has 1 saturated heterocycles. The Labute approximate surface area is 163 Å². The lowest BCUT2D eigenvalue weighted by Gasteiger charge is -2.32. The van der Waals surface area contributed by atoms with Gasteiger partial charge in [0.1, 0.15) is 5.69 Å². The Morgan fingerprint density at radius 3 is 2.81 bits per heavy atom. The number of nitrogens with zero attached hydrogens (tertiary/aromatic N) is 4. The Bertz CT molecular complexity index is 968. The molecule has 1 amide bonds. The van der Waals surface area contributed by atoms with Crippen LogP contribution < -0.4 is 0 Å². The van der Waals surface area contributed by atoms with Crippen LogP contribution in [0.15, 0.2) is 54.7 Å². The first-order valence-electron chi connectivity index (χ1n) is 9.12. The molecule has 27 heavy (non-hydrogen) atoms. The van der Waals surface area contributed by atoms with Gasteiger partial charge in [-0.05, 0) is 43.2 Å². The highest BCUT2D eigenvalue weighted by Gasteiger charge is 2.27. The van der Waals surface area contributed by atoms with Gasteiger partial charge in [0, 0.05) is 48.5 Å². The van der Waals surface area contributed by atoms with Crippen molar-refractivity contribution < 1.29 is 4.79 Å². The van der Waals surface area contributed by atoms with Gasteiger partial charge in [0.25, 0.3) is 5.91 Å². The van der Waals surface area contributed by atoms with Crippen molar-refractivity contribution in [3.63, 3.8) is 0 Å². The zero-order valence-electron chi connectivity index (χ0n) is 15.2. The van der Waals surface area contributed by atoms with Crippen LogP contribution in [-0.2, 0) is 7.05 Å². The fraction of sp³-hybridized carbons (Fsp3) is 0.286. The first kappa shape index (κ1) is 17.7. The van der Waals surface area contributed by atoms with Crippen LogP contribution in [0.1, 0.15) is 34.9 Å². The molecule has 5 nitrogen and oxygen atoms in total. The number of rotatable bonds is 3. The SMILES string of the molecule is Cn1ccc(C(=O)N2CCC[C@@H](c3cccc(-c4cccc(Cl)c4)n3)C2)n1. The molecule has 0 N–H and O–H groups in total. The van der Waals surface area contributed by atoms with Gasteiger partial charge in [-0.1, -0.05) is 29.8 Å². The molecule has 3 heterocycles. The van der Waals surface area contributed by atoms with Crippen LogP contribution in [0.4, 0.5) is 0 Å². The average molecular weight is 381 g/mol. The third-order valence-corrected chi connectivity index (χ3v) is 5.19. The third-order valence-electron chi connectivity index (χ3n) is 4.95. The van der Waals surface area contributed by atoms with Crippen LogP contribution in [-0.4, -0.2) is 38.7 Å². The summed E-state index contributed by atoms with van der Waals surface area (Å²) in [5.41, 5.74) is 3.43. The summed E-state index contributed by atoms with van der Waals surface area (Å²) < 4.78 is 1.66. The van der Waals surface area contributed by atoms with Crippen molar-refractivity contribution in [3.05, 3.63) is 71.1 Å². The number of halogens is 1. The van der Waals surface area contributed by atoms with Crippen LogP contribution in [0.3, 0.4) is 0 Å². The Kier molecular flexibility index (Phi) is 4.94. The molecule has 0 radical (unpaired) electrons. The highest BCUT2D eigenvalue weighted by molar-refractivity contribution is 6.30. The van der Waals surface area contributed by atoms with Crippen molar-refractivity contribution in [1.29, 1.82) is 0 Å². The Morgan fingerprint density at radius 2 is 2.04 bits per heavy atom. The van der Waals surface area contributed by atoms with Crippen molar-refractivity contribution in [2.24, 2.45) is 7.05 Å².